The van der Waals surface area contributed by atoms with E-state index in [-0.39, 0.29) is 12.2 Å². The zero-order chi connectivity index (χ0) is 30.4. The van der Waals surface area contributed by atoms with Gasteiger partial charge in [0, 0.05) is 35.1 Å². The number of hydrogen-bond acceptors (Lipinski definition) is 5. The Morgan fingerprint density at radius 3 is 2.05 bits per heavy atom. The van der Waals surface area contributed by atoms with E-state index < -0.39 is 59.3 Å². The van der Waals surface area contributed by atoms with E-state index in [4.69, 9.17) is 16.3 Å². The minimum absolute atomic E-state index is 0.157. The first-order valence-electron chi connectivity index (χ1n) is 12.9. The fraction of sp³-hybridized carbons (Fsp3) is 0.467. The lowest BCUT2D eigenvalue weighted by Gasteiger charge is -2.27. The smallest absolute Gasteiger partial charge is 0.450 e. The number of alkyl halides is 3. The third-order valence-electron chi connectivity index (χ3n) is 7.08. The Morgan fingerprint density at radius 1 is 0.950 bits per heavy atom. The molecule has 3 atom stereocenters. The number of amides is 1. The second kappa shape index (κ2) is 13.4. The van der Waals surface area contributed by atoms with Crippen LogP contribution in [0.5, 0.6) is 5.75 Å². The third-order valence-corrected chi connectivity index (χ3v) is 7.32. The average Bonchev–Trinajstić information content (AvgIpc) is 2.88. The molecule has 6 nitrogen and oxygen atoms in total. The van der Waals surface area contributed by atoms with Gasteiger partial charge in [-0.05, 0) is 55.2 Å². The quantitative estimate of drug-likeness (QED) is 0.294. The molecule has 1 amide bonds. The summed E-state index contributed by atoms with van der Waals surface area (Å²) in [5, 5.41) is 3.07. The Morgan fingerprint density at radius 2 is 1.55 bits per heavy atom. The molecule has 0 saturated carbocycles. The Labute approximate surface area is 237 Å². The van der Waals surface area contributed by atoms with Gasteiger partial charge in [-0.3, -0.25) is 19.2 Å². The summed E-state index contributed by atoms with van der Waals surface area (Å²) >= 11 is 6.08. The Kier molecular flexibility index (Phi) is 11.1. The molecule has 0 fully saturated rings. The molecule has 0 aliphatic carbocycles. The van der Waals surface area contributed by atoms with E-state index >= 15 is 0 Å². The van der Waals surface area contributed by atoms with Crippen LogP contribution < -0.4 is 10.1 Å². The van der Waals surface area contributed by atoms with Crippen LogP contribution in [0.4, 0.5) is 13.2 Å². The molecule has 2 rings (SSSR count). The van der Waals surface area contributed by atoms with E-state index in [0.717, 1.165) is 0 Å². The normalized spacial score (nSPS) is 14.3. The molecule has 0 aromatic heterocycles. The van der Waals surface area contributed by atoms with Gasteiger partial charge in [0.2, 0.25) is 11.7 Å². The number of carbonyl (C=O) groups excluding carboxylic acids is 4. The average molecular weight is 582 g/mol. The predicted molar refractivity (Wildman–Crippen MR) is 146 cm³/mol. The highest BCUT2D eigenvalue weighted by atomic mass is 35.5. The van der Waals surface area contributed by atoms with Crippen LogP contribution in [-0.4, -0.2) is 36.5 Å². The van der Waals surface area contributed by atoms with E-state index in [0.29, 0.717) is 21.9 Å². The summed E-state index contributed by atoms with van der Waals surface area (Å²) in [5.41, 5.74) is 0.0319. The molecule has 0 aliphatic rings. The SMILES string of the molecule is COc1ccc([C@H](NC(=O)[C@H](C)CC(=O)C(C)(C)c2cccc(Cl)c2)C(=O)C[C@H](C(=O)C(F)(F)F)C(C)C)cc1. The third kappa shape index (κ3) is 8.40. The molecule has 40 heavy (non-hydrogen) atoms. The summed E-state index contributed by atoms with van der Waals surface area (Å²) in [5.74, 6) is -6.38. The molecule has 10 heteroatoms. The number of halogens is 4. The van der Waals surface area contributed by atoms with Crippen molar-refractivity contribution in [2.45, 2.75) is 65.1 Å². The van der Waals surface area contributed by atoms with E-state index in [9.17, 15) is 32.3 Å². The van der Waals surface area contributed by atoms with Gasteiger partial charge in [-0.1, -0.05) is 56.6 Å². The molecule has 2 aromatic rings. The van der Waals surface area contributed by atoms with Gasteiger partial charge in [0.15, 0.2) is 5.78 Å². The summed E-state index contributed by atoms with van der Waals surface area (Å²) in [4.78, 5) is 51.8. The van der Waals surface area contributed by atoms with Crippen molar-refractivity contribution in [1.82, 2.24) is 5.32 Å². The monoisotopic (exact) mass is 581 g/mol. The van der Waals surface area contributed by atoms with Gasteiger partial charge >= 0.3 is 6.18 Å². The molecule has 1 N–H and O–H groups in total. The molecule has 0 aliphatic heterocycles. The summed E-state index contributed by atoms with van der Waals surface area (Å²) < 4.78 is 44.8. The van der Waals surface area contributed by atoms with Crippen molar-refractivity contribution in [1.29, 1.82) is 0 Å². The largest absolute Gasteiger partial charge is 0.497 e. The van der Waals surface area contributed by atoms with Gasteiger partial charge in [-0.25, -0.2) is 0 Å². The highest BCUT2D eigenvalue weighted by Crippen LogP contribution is 2.32. The van der Waals surface area contributed by atoms with Crippen molar-refractivity contribution in [2.75, 3.05) is 7.11 Å². The highest BCUT2D eigenvalue weighted by Gasteiger charge is 2.45. The predicted octanol–water partition coefficient (Wildman–Crippen LogP) is 6.44. The van der Waals surface area contributed by atoms with Crippen molar-refractivity contribution in [3.05, 3.63) is 64.7 Å². The van der Waals surface area contributed by atoms with Gasteiger partial charge < -0.3 is 10.1 Å². The van der Waals surface area contributed by atoms with E-state index in [1.54, 1.807) is 50.2 Å². The molecule has 0 saturated heterocycles. The second-order valence-corrected chi connectivity index (χ2v) is 11.2. The maximum absolute atomic E-state index is 13.4. The number of benzene rings is 2. The van der Waals surface area contributed by atoms with Crippen LogP contribution in [0.2, 0.25) is 5.02 Å². The minimum atomic E-state index is -5.10. The minimum Gasteiger partial charge on any atom is -0.497 e. The second-order valence-electron chi connectivity index (χ2n) is 10.8. The van der Waals surface area contributed by atoms with Gasteiger partial charge in [0.1, 0.15) is 17.6 Å². The zero-order valence-electron chi connectivity index (χ0n) is 23.4. The van der Waals surface area contributed by atoms with Crippen LogP contribution in [0.25, 0.3) is 0 Å². The number of rotatable bonds is 13. The van der Waals surface area contributed by atoms with Crippen molar-refractivity contribution >= 4 is 34.9 Å². The van der Waals surface area contributed by atoms with Crippen molar-refractivity contribution in [2.24, 2.45) is 17.8 Å². The van der Waals surface area contributed by atoms with Crippen molar-refractivity contribution in [3.8, 4) is 5.75 Å². The van der Waals surface area contributed by atoms with Crippen LogP contribution in [0, 0.1) is 17.8 Å². The van der Waals surface area contributed by atoms with Crippen LogP contribution in [0.3, 0.4) is 0 Å². The van der Waals surface area contributed by atoms with Crippen molar-refractivity contribution in [3.63, 3.8) is 0 Å². The maximum atomic E-state index is 13.4. The lowest BCUT2D eigenvalue weighted by atomic mass is 9.77. The number of ketones is 3. The molecular formula is C30H35ClF3NO5. The van der Waals surface area contributed by atoms with Gasteiger partial charge in [-0.15, -0.1) is 0 Å². The zero-order valence-corrected chi connectivity index (χ0v) is 24.2. The first kappa shape index (κ1) is 33.0. The van der Waals surface area contributed by atoms with Gasteiger partial charge in [-0.2, -0.15) is 13.2 Å². The van der Waals surface area contributed by atoms with Crippen LogP contribution in [-0.2, 0) is 24.6 Å². The highest BCUT2D eigenvalue weighted by molar-refractivity contribution is 6.30. The lowest BCUT2D eigenvalue weighted by molar-refractivity contribution is -0.177. The first-order valence-corrected chi connectivity index (χ1v) is 13.2. The fourth-order valence-corrected chi connectivity index (χ4v) is 4.46. The molecular weight excluding hydrogens is 547 g/mol. The van der Waals surface area contributed by atoms with Gasteiger partial charge in [0.05, 0.1) is 7.11 Å². The molecule has 0 heterocycles. The number of hydrogen-bond donors (Lipinski definition) is 1. The maximum Gasteiger partial charge on any atom is 0.450 e. The number of methoxy groups -OCH3 is 1. The fourth-order valence-electron chi connectivity index (χ4n) is 4.27. The first-order chi connectivity index (χ1) is 18.5. The summed E-state index contributed by atoms with van der Waals surface area (Å²) in [7, 11) is 1.44. The molecule has 2 aromatic carbocycles. The summed E-state index contributed by atoms with van der Waals surface area (Å²) in [6, 6.07) is 11.6. The molecule has 218 valence electrons. The summed E-state index contributed by atoms with van der Waals surface area (Å²) in [6.45, 7) is 7.83. The number of Topliss-reactive ketones (excluding diaryl/α,β-unsaturated/α-hetero) is 3. The topological polar surface area (TPSA) is 89.5 Å². The standard InChI is InChI=1S/C30H35ClF3NO5/c1-17(2)23(27(38)30(32,33)34)16-24(36)26(19-10-12-22(40-6)13-11-19)35-28(39)18(3)14-25(37)29(4,5)20-8-7-9-21(31)15-20/h7-13,15,17-18,23,26H,14,16H2,1-6H3,(H,35,39)/t18-,23+,26+/m1/s1. The Bertz CT molecular complexity index is 1220. The van der Waals surface area contributed by atoms with E-state index in [1.165, 1.54) is 40.0 Å². The van der Waals surface area contributed by atoms with Crippen LogP contribution in [0.15, 0.2) is 48.5 Å². The molecule has 0 bridgehead atoms. The Balaban J connectivity index is 2.29. The van der Waals surface area contributed by atoms with Crippen LogP contribution >= 0.6 is 11.6 Å². The van der Waals surface area contributed by atoms with E-state index in [2.05, 4.69) is 5.32 Å². The number of carbonyl (C=O) groups is 4. The van der Waals surface area contributed by atoms with Gasteiger partial charge in [0.25, 0.3) is 0 Å². The Hall–Kier alpha value is -3.20. The summed E-state index contributed by atoms with van der Waals surface area (Å²) in [6.07, 6.45) is -5.98. The lowest BCUT2D eigenvalue weighted by Crippen LogP contribution is -2.41. The van der Waals surface area contributed by atoms with Crippen LogP contribution in [0.1, 0.15) is 64.6 Å². The van der Waals surface area contributed by atoms with Crippen molar-refractivity contribution < 1.29 is 37.1 Å². The molecule has 0 spiro atoms. The molecule has 0 unspecified atom stereocenters. The van der Waals surface area contributed by atoms with E-state index in [1.807, 2.05) is 0 Å². The number of nitrogens with one attached hydrogen (secondary N) is 1. The number of ether oxygens (including phenoxy) is 1. The molecule has 0 radical (unpaired) electrons.